The van der Waals surface area contributed by atoms with Gasteiger partial charge in [0.05, 0.1) is 0 Å². The molecule has 7 heteroatoms. The fraction of sp³-hybridized carbons (Fsp3) is 0.545. The van der Waals surface area contributed by atoms with Crippen molar-refractivity contribution in [2.45, 2.75) is 32.2 Å². The molecule has 7 nitrogen and oxygen atoms in total. The Bertz CT molecular complexity index is 499. The van der Waals surface area contributed by atoms with Gasteiger partial charge in [0, 0.05) is 18.2 Å². The molecule has 0 atom stereocenters. The molecular formula is C11H18N4O3. The van der Waals surface area contributed by atoms with Gasteiger partial charge in [-0.15, -0.1) is 0 Å². The zero-order valence-corrected chi connectivity index (χ0v) is 10.5. The molecule has 1 rings (SSSR count). The number of hydrogen-bond acceptors (Lipinski definition) is 4. The lowest BCUT2D eigenvalue weighted by Gasteiger charge is -2.26. The van der Waals surface area contributed by atoms with Crippen LogP contribution in [0.2, 0.25) is 0 Å². The topological polar surface area (TPSA) is 121 Å². The predicted octanol–water partition coefficient (Wildman–Crippen LogP) is -0.689. The minimum Gasteiger partial charge on any atom is -0.349 e. The molecule has 0 bridgehead atoms. The Kier molecular flexibility index (Phi) is 4.43. The first-order valence-corrected chi connectivity index (χ1v) is 5.81. The lowest BCUT2D eigenvalue weighted by Crippen LogP contribution is -2.49. The number of nitrogens with two attached hydrogens (primary N) is 1. The summed E-state index contributed by atoms with van der Waals surface area (Å²) >= 11 is 0. The number of amides is 1. The molecule has 0 unspecified atom stereocenters. The number of aromatic nitrogens is 2. The molecular weight excluding hydrogens is 236 g/mol. The lowest BCUT2D eigenvalue weighted by molar-refractivity contribution is 0.0936. The van der Waals surface area contributed by atoms with Crippen LogP contribution in [0.25, 0.3) is 0 Å². The van der Waals surface area contributed by atoms with Gasteiger partial charge >= 0.3 is 5.69 Å². The highest BCUT2D eigenvalue weighted by molar-refractivity contribution is 5.92. The first kappa shape index (κ1) is 14.2. The molecule has 0 aromatic carbocycles. The van der Waals surface area contributed by atoms with Gasteiger partial charge < -0.3 is 16.0 Å². The average molecular weight is 254 g/mol. The molecule has 0 saturated heterocycles. The molecule has 0 radical (unpaired) electrons. The molecule has 1 aromatic heterocycles. The van der Waals surface area contributed by atoms with Crippen molar-refractivity contribution in [3.8, 4) is 0 Å². The van der Waals surface area contributed by atoms with Gasteiger partial charge in [0.2, 0.25) is 0 Å². The number of carbonyl (C=O) groups is 1. The van der Waals surface area contributed by atoms with E-state index in [1.54, 1.807) is 0 Å². The van der Waals surface area contributed by atoms with E-state index in [0.717, 1.165) is 18.9 Å². The van der Waals surface area contributed by atoms with Gasteiger partial charge in [-0.3, -0.25) is 14.6 Å². The van der Waals surface area contributed by atoms with Crippen LogP contribution in [0, 0.1) is 0 Å². The van der Waals surface area contributed by atoms with Crippen LogP contribution < -0.4 is 22.3 Å². The van der Waals surface area contributed by atoms with Crippen LogP contribution >= 0.6 is 0 Å². The number of carbonyl (C=O) groups excluding carboxylic acids is 1. The van der Waals surface area contributed by atoms with E-state index in [-0.39, 0.29) is 12.2 Å². The number of nitrogens with one attached hydrogen (secondary N) is 3. The largest absolute Gasteiger partial charge is 0.349 e. The Morgan fingerprint density at radius 3 is 2.44 bits per heavy atom. The van der Waals surface area contributed by atoms with E-state index in [4.69, 9.17) is 5.73 Å². The van der Waals surface area contributed by atoms with Crippen LogP contribution in [-0.2, 0) is 0 Å². The van der Waals surface area contributed by atoms with Gasteiger partial charge in [-0.2, -0.15) is 0 Å². The van der Waals surface area contributed by atoms with Crippen LogP contribution in [-0.4, -0.2) is 28.0 Å². The number of H-pyrrole nitrogens is 2. The summed E-state index contributed by atoms with van der Waals surface area (Å²) in [5.74, 6) is -0.519. The highest BCUT2D eigenvalue weighted by Gasteiger charge is 2.21. The van der Waals surface area contributed by atoms with Crippen LogP contribution in [0.1, 0.15) is 37.2 Å². The summed E-state index contributed by atoms with van der Waals surface area (Å²) in [6, 6.07) is 1.03. The molecule has 5 N–H and O–H groups in total. The fourth-order valence-corrected chi connectivity index (χ4v) is 1.44. The quantitative estimate of drug-likeness (QED) is 0.555. The van der Waals surface area contributed by atoms with E-state index in [2.05, 4.69) is 10.3 Å². The van der Waals surface area contributed by atoms with Gasteiger partial charge in [0.1, 0.15) is 5.69 Å². The molecule has 0 fully saturated rings. The summed E-state index contributed by atoms with van der Waals surface area (Å²) in [6.07, 6.45) is 1.44. The minimum absolute atomic E-state index is 0.0710. The van der Waals surface area contributed by atoms with Crippen molar-refractivity contribution >= 4 is 5.91 Å². The molecule has 1 heterocycles. The Hall–Kier alpha value is -1.89. The Morgan fingerprint density at radius 2 is 1.94 bits per heavy atom. The second-order valence-electron chi connectivity index (χ2n) is 4.25. The summed E-state index contributed by atoms with van der Waals surface area (Å²) in [7, 11) is 0. The zero-order chi connectivity index (χ0) is 13.8. The monoisotopic (exact) mass is 254 g/mol. The predicted molar refractivity (Wildman–Crippen MR) is 67.5 cm³/mol. The van der Waals surface area contributed by atoms with Gasteiger partial charge in [0.15, 0.2) is 0 Å². The molecule has 100 valence electrons. The minimum atomic E-state index is -0.711. The van der Waals surface area contributed by atoms with E-state index >= 15 is 0 Å². The van der Waals surface area contributed by atoms with E-state index in [1.165, 1.54) is 0 Å². The zero-order valence-electron chi connectivity index (χ0n) is 10.5. The highest BCUT2D eigenvalue weighted by Crippen LogP contribution is 2.09. The Balaban J connectivity index is 2.77. The Morgan fingerprint density at radius 1 is 1.33 bits per heavy atom. The van der Waals surface area contributed by atoms with Crippen LogP contribution in [0.15, 0.2) is 15.7 Å². The van der Waals surface area contributed by atoms with Crippen molar-refractivity contribution in [3.05, 3.63) is 32.6 Å². The molecule has 1 aromatic rings. The number of hydrogen-bond donors (Lipinski definition) is 4. The third kappa shape index (κ3) is 3.56. The number of aromatic amines is 2. The SMILES string of the molecule is CCC(N)(CC)CNC(=O)c1cc(=O)[nH]c(=O)[nH]1. The summed E-state index contributed by atoms with van der Waals surface area (Å²) in [6.45, 7) is 4.16. The van der Waals surface area contributed by atoms with E-state index in [1.807, 2.05) is 18.8 Å². The van der Waals surface area contributed by atoms with E-state index in [0.29, 0.717) is 0 Å². The maximum atomic E-state index is 11.7. The van der Waals surface area contributed by atoms with Crippen molar-refractivity contribution in [2.24, 2.45) is 5.73 Å². The van der Waals surface area contributed by atoms with Gasteiger partial charge in [-0.1, -0.05) is 13.8 Å². The van der Waals surface area contributed by atoms with Crippen molar-refractivity contribution < 1.29 is 4.79 Å². The van der Waals surface area contributed by atoms with Gasteiger partial charge in [-0.25, -0.2) is 4.79 Å². The maximum absolute atomic E-state index is 11.7. The third-order valence-electron chi connectivity index (χ3n) is 3.01. The fourth-order valence-electron chi connectivity index (χ4n) is 1.44. The van der Waals surface area contributed by atoms with E-state index in [9.17, 15) is 14.4 Å². The molecule has 0 aliphatic heterocycles. The summed E-state index contributed by atoms with van der Waals surface area (Å²) < 4.78 is 0. The second kappa shape index (κ2) is 5.63. The van der Waals surface area contributed by atoms with Crippen LogP contribution in [0.3, 0.4) is 0 Å². The van der Waals surface area contributed by atoms with Crippen molar-refractivity contribution in [2.75, 3.05) is 6.54 Å². The molecule has 0 spiro atoms. The van der Waals surface area contributed by atoms with Crippen LogP contribution in [0.5, 0.6) is 0 Å². The number of rotatable bonds is 5. The van der Waals surface area contributed by atoms with Crippen molar-refractivity contribution in [1.29, 1.82) is 0 Å². The molecule has 0 saturated carbocycles. The summed E-state index contributed by atoms with van der Waals surface area (Å²) in [5.41, 5.74) is 4.15. The molecule has 1 amide bonds. The van der Waals surface area contributed by atoms with Crippen LogP contribution in [0.4, 0.5) is 0 Å². The average Bonchev–Trinajstić information content (AvgIpc) is 2.34. The summed E-state index contributed by atoms with van der Waals surface area (Å²) in [5, 5.41) is 2.61. The van der Waals surface area contributed by atoms with E-state index < -0.39 is 22.7 Å². The molecule has 18 heavy (non-hydrogen) atoms. The normalized spacial score (nSPS) is 11.3. The second-order valence-corrected chi connectivity index (χ2v) is 4.25. The first-order valence-electron chi connectivity index (χ1n) is 5.81. The standard InChI is InChI=1S/C11H18N4O3/c1-3-11(12,4-2)6-13-9(17)7-5-8(16)15-10(18)14-7/h5H,3-4,6,12H2,1-2H3,(H,13,17)(H2,14,15,16,18). The van der Waals surface area contributed by atoms with Gasteiger partial charge in [-0.05, 0) is 12.8 Å². The maximum Gasteiger partial charge on any atom is 0.326 e. The third-order valence-corrected chi connectivity index (χ3v) is 3.01. The lowest BCUT2D eigenvalue weighted by atomic mass is 9.94. The molecule has 0 aliphatic carbocycles. The Labute approximate surface area is 104 Å². The smallest absolute Gasteiger partial charge is 0.326 e. The highest BCUT2D eigenvalue weighted by atomic mass is 16.2. The van der Waals surface area contributed by atoms with Crippen molar-refractivity contribution in [3.63, 3.8) is 0 Å². The van der Waals surface area contributed by atoms with Gasteiger partial charge in [0.25, 0.3) is 11.5 Å². The molecule has 0 aliphatic rings. The van der Waals surface area contributed by atoms with Crippen molar-refractivity contribution in [1.82, 2.24) is 15.3 Å². The summed E-state index contributed by atoms with van der Waals surface area (Å²) in [4.78, 5) is 38.0. The first-order chi connectivity index (χ1) is 8.40.